The summed E-state index contributed by atoms with van der Waals surface area (Å²) in [5.41, 5.74) is 0.0210. The molecule has 1 aliphatic heterocycles. The Bertz CT molecular complexity index is 1020. The summed E-state index contributed by atoms with van der Waals surface area (Å²) in [4.78, 5) is 28.0. The number of nitrogens with one attached hydrogen (secondary N) is 1. The molecule has 1 aromatic carbocycles. The number of anilines is 1. The number of amides is 1. The molecule has 1 aliphatic rings. The number of aromatic nitrogens is 3. The summed E-state index contributed by atoms with van der Waals surface area (Å²) in [6.45, 7) is 0.955. The van der Waals surface area contributed by atoms with Crippen LogP contribution in [0.1, 0.15) is 28.8 Å². The largest absolute Gasteiger partial charge is 0.416 e. The van der Waals surface area contributed by atoms with Gasteiger partial charge in [0.2, 0.25) is 0 Å². The van der Waals surface area contributed by atoms with Gasteiger partial charge in [-0.05, 0) is 37.1 Å². The molecule has 0 unspecified atom stereocenters. The number of carbonyl (C=O) groups is 1. The van der Waals surface area contributed by atoms with Gasteiger partial charge >= 0.3 is 6.18 Å². The summed E-state index contributed by atoms with van der Waals surface area (Å²) in [5.74, 6) is 0.450. The van der Waals surface area contributed by atoms with Crippen molar-refractivity contribution < 1.29 is 18.0 Å². The van der Waals surface area contributed by atoms with Gasteiger partial charge in [0.15, 0.2) is 0 Å². The standard InChI is InChI=1S/C20H20F3N5O/c1-27(18-16-5-8-24-17(16)25-12-26-18)15-6-9-28(10-7-15)19(29)13-3-2-4-14(11-13)20(21,22)23/h2-5,8,11-12,15H,6-7,9-10H2,1H3,(H,24,25,26). The lowest BCUT2D eigenvalue weighted by Gasteiger charge is -2.37. The minimum atomic E-state index is -4.47. The van der Waals surface area contributed by atoms with E-state index >= 15 is 0 Å². The number of benzene rings is 1. The van der Waals surface area contributed by atoms with E-state index in [0.717, 1.165) is 29.0 Å². The summed E-state index contributed by atoms with van der Waals surface area (Å²) >= 11 is 0. The van der Waals surface area contributed by atoms with Gasteiger partial charge < -0.3 is 14.8 Å². The molecule has 9 heteroatoms. The van der Waals surface area contributed by atoms with Gasteiger partial charge in [0.05, 0.1) is 10.9 Å². The third kappa shape index (κ3) is 3.76. The number of piperidine rings is 1. The van der Waals surface area contributed by atoms with E-state index in [1.54, 1.807) is 4.90 Å². The molecule has 0 atom stereocenters. The average Bonchev–Trinajstić information content (AvgIpc) is 3.21. The van der Waals surface area contributed by atoms with E-state index in [9.17, 15) is 18.0 Å². The molecule has 152 valence electrons. The Morgan fingerprint density at radius 2 is 1.97 bits per heavy atom. The number of H-pyrrole nitrogens is 1. The molecule has 29 heavy (non-hydrogen) atoms. The van der Waals surface area contributed by atoms with Crippen LogP contribution in [0.4, 0.5) is 19.0 Å². The van der Waals surface area contributed by atoms with Gasteiger partial charge in [-0.25, -0.2) is 9.97 Å². The number of rotatable bonds is 3. The van der Waals surface area contributed by atoms with Crippen molar-refractivity contribution in [2.45, 2.75) is 25.1 Å². The first-order chi connectivity index (χ1) is 13.8. The molecule has 0 spiro atoms. The Balaban J connectivity index is 1.44. The predicted molar refractivity (Wildman–Crippen MR) is 103 cm³/mol. The van der Waals surface area contributed by atoms with Crippen molar-refractivity contribution in [3.63, 3.8) is 0 Å². The van der Waals surface area contributed by atoms with Gasteiger partial charge in [-0.15, -0.1) is 0 Å². The van der Waals surface area contributed by atoms with Crippen molar-refractivity contribution in [1.82, 2.24) is 19.9 Å². The highest BCUT2D eigenvalue weighted by Gasteiger charge is 2.32. The Morgan fingerprint density at radius 1 is 1.21 bits per heavy atom. The Hall–Kier alpha value is -3.10. The van der Waals surface area contributed by atoms with Crippen LogP contribution in [-0.4, -0.2) is 51.9 Å². The summed E-state index contributed by atoms with van der Waals surface area (Å²) in [6.07, 6.45) is 0.269. The van der Waals surface area contributed by atoms with E-state index in [2.05, 4.69) is 19.9 Å². The highest BCUT2D eigenvalue weighted by molar-refractivity contribution is 5.94. The summed E-state index contributed by atoms with van der Waals surface area (Å²) in [6, 6.07) is 6.69. The number of hydrogen-bond donors (Lipinski definition) is 1. The molecule has 2 aromatic heterocycles. The SMILES string of the molecule is CN(c1ncnc2[nH]ccc12)C1CCN(C(=O)c2cccc(C(F)(F)F)c2)CC1. The van der Waals surface area contributed by atoms with Crippen molar-refractivity contribution in [1.29, 1.82) is 0 Å². The first-order valence-electron chi connectivity index (χ1n) is 9.32. The number of alkyl halides is 3. The lowest BCUT2D eigenvalue weighted by atomic mass is 10.0. The fourth-order valence-electron chi connectivity index (χ4n) is 3.78. The van der Waals surface area contributed by atoms with Crippen LogP contribution in [0.3, 0.4) is 0 Å². The topological polar surface area (TPSA) is 65.1 Å². The summed E-state index contributed by atoms with van der Waals surface area (Å²) < 4.78 is 38.8. The number of likely N-dealkylation sites (tertiary alicyclic amines) is 1. The van der Waals surface area contributed by atoms with E-state index < -0.39 is 11.7 Å². The molecule has 0 radical (unpaired) electrons. The molecule has 3 heterocycles. The average molecular weight is 403 g/mol. The van der Waals surface area contributed by atoms with Crippen molar-refractivity contribution in [2.75, 3.05) is 25.0 Å². The smallest absolute Gasteiger partial charge is 0.356 e. The van der Waals surface area contributed by atoms with Gasteiger partial charge in [-0.3, -0.25) is 4.79 Å². The Morgan fingerprint density at radius 3 is 2.69 bits per heavy atom. The molecule has 0 bridgehead atoms. The lowest BCUT2D eigenvalue weighted by molar-refractivity contribution is -0.137. The van der Waals surface area contributed by atoms with E-state index in [0.29, 0.717) is 25.9 Å². The number of nitrogens with zero attached hydrogens (tertiary/aromatic N) is 4. The Kier molecular flexibility index (Phi) is 4.89. The maximum atomic E-state index is 12.9. The van der Waals surface area contributed by atoms with Gasteiger partial charge in [0, 0.05) is 37.9 Å². The van der Waals surface area contributed by atoms with Crippen LogP contribution in [0.15, 0.2) is 42.9 Å². The van der Waals surface area contributed by atoms with Gasteiger partial charge in [-0.2, -0.15) is 13.2 Å². The summed E-state index contributed by atoms with van der Waals surface area (Å²) in [5, 5.41) is 0.928. The van der Waals surface area contributed by atoms with E-state index in [1.165, 1.54) is 18.5 Å². The van der Waals surface area contributed by atoms with Gasteiger partial charge in [0.1, 0.15) is 17.8 Å². The van der Waals surface area contributed by atoms with Crippen LogP contribution in [0, 0.1) is 0 Å². The first kappa shape index (κ1) is 19.2. The normalized spacial score (nSPS) is 15.7. The van der Waals surface area contributed by atoms with Crippen LogP contribution >= 0.6 is 0 Å². The third-order valence-electron chi connectivity index (χ3n) is 5.40. The zero-order valence-electron chi connectivity index (χ0n) is 15.8. The minimum absolute atomic E-state index is 0.0662. The highest BCUT2D eigenvalue weighted by Crippen LogP contribution is 2.30. The molecule has 1 fully saturated rings. The molecule has 0 aliphatic carbocycles. The van der Waals surface area contributed by atoms with Crippen molar-refractivity contribution in [2.24, 2.45) is 0 Å². The Labute approximate surface area is 165 Å². The van der Waals surface area contributed by atoms with Crippen molar-refractivity contribution in [3.05, 3.63) is 54.0 Å². The second-order valence-corrected chi connectivity index (χ2v) is 7.15. The minimum Gasteiger partial charge on any atom is -0.356 e. The van der Waals surface area contributed by atoms with Crippen LogP contribution in [0.5, 0.6) is 0 Å². The second-order valence-electron chi connectivity index (χ2n) is 7.15. The molecule has 1 saturated heterocycles. The molecular weight excluding hydrogens is 383 g/mol. The zero-order chi connectivity index (χ0) is 20.6. The van der Waals surface area contributed by atoms with Crippen LogP contribution in [0.2, 0.25) is 0 Å². The number of aromatic amines is 1. The van der Waals surface area contributed by atoms with Crippen molar-refractivity contribution in [3.8, 4) is 0 Å². The molecule has 3 aromatic rings. The van der Waals surface area contributed by atoms with Crippen LogP contribution in [0.25, 0.3) is 11.0 Å². The molecular formula is C20H20F3N5O. The number of halogens is 3. The zero-order valence-corrected chi connectivity index (χ0v) is 15.8. The van der Waals surface area contributed by atoms with Gasteiger partial charge in [-0.1, -0.05) is 6.07 Å². The summed E-state index contributed by atoms with van der Waals surface area (Å²) in [7, 11) is 1.96. The lowest BCUT2D eigenvalue weighted by Crippen LogP contribution is -2.46. The van der Waals surface area contributed by atoms with Crippen molar-refractivity contribution >= 4 is 22.8 Å². The van der Waals surface area contributed by atoms with E-state index in [-0.39, 0.29) is 17.5 Å². The third-order valence-corrected chi connectivity index (χ3v) is 5.40. The molecule has 4 rings (SSSR count). The van der Waals surface area contributed by atoms with Crippen LogP contribution < -0.4 is 4.90 Å². The number of fused-ring (bicyclic) bond motifs is 1. The molecule has 1 amide bonds. The maximum absolute atomic E-state index is 12.9. The monoisotopic (exact) mass is 403 g/mol. The fourth-order valence-corrected chi connectivity index (χ4v) is 3.78. The van der Waals surface area contributed by atoms with E-state index in [4.69, 9.17) is 0 Å². The number of hydrogen-bond acceptors (Lipinski definition) is 4. The fraction of sp³-hybridized carbons (Fsp3) is 0.350. The molecule has 6 nitrogen and oxygen atoms in total. The molecule has 1 N–H and O–H groups in total. The first-order valence-corrected chi connectivity index (χ1v) is 9.32. The quantitative estimate of drug-likeness (QED) is 0.724. The molecule has 0 saturated carbocycles. The van der Waals surface area contributed by atoms with Gasteiger partial charge in [0.25, 0.3) is 5.91 Å². The van der Waals surface area contributed by atoms with Crippen LogP contribution in [-0.2, 0) is 6.18 Å². The maximum Gasteiger partial charge on any atom is 0.416 e. The van der Waals surface area contributed by atoms with E-state index in [1.807, 2.05) is 19.3 Å². The highest BCUT2D eigenvalue weighted by atomic mass is 19.4. The number of carbonyl (C=O) groups excluding carboxylic acids is 1. The predicted octanol–water partition coefficient (Wildman–Crippen LogP) is 3.72. The second kappa shape index (κ2) is 7.38.